The number of piperidine rings is 1. The predicted molar refractivity (Wildman–Crippen MR) is 116 cm³/mol. The van der Waals surface area contributed by atoms with E-state index in [1.165, 1.54) is 11.1 Å². The van der Waals surface area contributed by atoms with E-state index in [0.29, 0.717) is 31.8 Å². The number of carbonyl (C=O) groups excluding carboxylic acids is 1. The minimum atomic E-state index is -0.367. The van der Waals surface area contributed by atoms with Crippen LogP contribution in [-0.2, 0) is 16.8 Å². The van der Waals surface area contributed by atoms with Gasteiger partial charge in [0.25, 0.3) is 5.91 Å². The van der Waals surface area contributed by atoms with Crippen LogP contribution in [0.2, 0.25) is 0 Å². The molecule has 1 amide bonds. The Hall–Kier alpha value is -2.57. The summed E-state index contributed by atoms with van der Waals surface area (Å²) in [7, 11) is 3.63. The fraction of sp³-hybridized carbons (Fsp3) is 0.458. The van der Waals surface area contributed by atoms with Crippen molar-refractivity contribution >= 4 is 11.6 Å². The van der Waals surface area contributed by atoms with Crippen molar-refractivity contribution in [3.8, 4) is 5.75 Å². The topological polar surface area (TPSA) is 62.2 Å². The van der Waals surface area contributed by atoms with Gasteiger partial charge in [0.15, 0.2) is 0 Å². The van der Waals surface area contributed by atoms with E-state index < -0.39 is 0 Å². The molecule has 30 heavy (non-hydrogen) atoms. The maximum Gasteiger partial charge on any atom is 0.253 e. The Morgan fingerprint density at radius 3 is 2.60 bits per heavy atom. The summed E-state index contributed by atoms with van der Waals surface area (Å²) >= 11 is 0. The molecule has 6 nitrogen and oxygen atoms in total. The number of nitrogens with zero attached hydrogens (tertiary/aromatic N) is 2. The number of benzene rings is 2. The molecule has 2 aliphatic rings. The highest BCUT2D eigenvalue weighted by Crippen LogP contribution is 2.45. The van der Waals surface area contributed by atoms with E-state index in [2.05, 4.69) is 6.07 Å². The number of aliphatic hydroxyl groups excluding tert-OH is 1. The summed E-state index contributed by atoms with van der Waals surface area (Å²) in [6.45, 7) is 2.68. The van der Waals surface area contributed by atoms with Crippen LogP contribution < -0.4 is 9.64 Å². The Labute approximate surface area is 178 Å². The van der Waals surface area contributed by atoms with Crippen molar-refractivity contribution in [3.63, 3.8) is 0 Å². The minimum Gasteiger partial charge on any atom is -0.496 e. The highest BCUT2D eigenvalue weighted by molar-refractivity contribution is 5.94. The summed E-state index contributed by atoms with van der Waals surface area (Å²) in [5, 5.41) is 9.09. The third-order valence-electron chi connectivity index (χ3n) is 6.39. The molecule has 0 bridgehead atoms. The number of fused-ring (bicyclic) bond motifs is 2. The predicted octanol–water partition coefficient (Wildman–Crippen LogP) is 2.83. The number of ether oxygens (including phenoxy) is 2. The second kappa shape index (κ2) is 8.66. The van der Waals surface area contributed by atoms with Crippen LogP contribution in [0.1, 0.15) is 34.3 Å². The number of methoxy groups -OCH3 is 1. The van der Waals surface area contributed by atoms with Crippen molar-refractivity contribution in [1.82, 2.24) is 4.90 Å². The highest BCUT2D eigenvalue weighted by Gasteiger charge is 2.43. The van der Waals surface area contributed by atoms with Gasteiger partial charge >= 0.3 is 0 Å². The summed E-state index contributed by atoms with van der Waals surface area (Å²) in [5.41, 5.74) is 3.77. The molecule has 0 radical (unpaired) electrons. The first-order valence-electron chi connectivity index (χ1n) is 10.6. The number of carbonyl (C=O) groups is 1. The van der Waals surface area contributed by atoms with E-state index in [-0.39, 0.29) is 18.1 Å². The molecule has 160 valence electrons. The van der Waals surface area contributed by atoms with Gasteiger partial charge in [0, 0.05) is 43.5 Å². The SMILES string of the molecule is COc1cccc2c1C1(CCN(C(=O)c3ccc(N(C)CCO)cc3)CC1)OCC2. The molecule has 0 unspecified atom stereocenters. The Balaban J connectivity index is 1.47. The maximum atomic E-state index is 13.1. The molecular formula is C24H30N2O4. The summed E-state index contributed by atoms with van der Waals surface area (Å²) in [5.74, 6) is 0.937. The molecule has 2 aromatic rings. The van der Waals surface area contributed by atoms with Crippen LogP contribution in [0.5, 0.6) is 5.75 Å². The minimum absolute atomic E-state index is 0.0530. The number of amides is 1. The molecule has 0 aromatic heterocycles. The Morgan fingerprint density at radius 2 is 1.93 bits per heavy atom. The first kappa shape index (κ1) is 20.7. The standard InChI is InChI=1S/C24H30N2O4/c1-25(15-16-27)20-8-6-19(7-9-20)23(28)26-13-11-24(12-14-26)22-18(10-17-30-24)4-3-5-21(22)29-2/h3-9,27H,10-17H2,1-2H3. The fourth-order valence-electron chi connectivity index (χ4n) is 4.69. The smallest absolute Gasteiger partial charge is 0.253 e. The van der Waals surface area contributed by atoms with Crippen LogP contribution in [0, 0.1) is 0 Å². The number of likely N-dealkylation sites (tertiary alicyclic amines) is 1. The second-order valence-electron chi connectivity index (χ2n) is 8.07. The molecule has 1 spiro atoms. The summed E-state index contributed by atoms with van der Waals surface area (Å²) in [4.78, 5) is 16.9. The summed E-state index contributed by atoms with van der Waals surface area (Å²) in [6.07, 6.45) is 2.43. The Morgan fingerprint density at radius 1 is 1.20 bits per heavy atom. The molecule has 4 rings (SSSR count). The van der Waals surface area contributed by atoms with Crippen molar-refractivity contribution in [2.75, 3.05) is 51.9 Å². The highest BCUT2D eigenvalue weighted by atomic mass is 16.5. The number of likely N-dealkylation sites (N-methyl/N-ethyl adjacent to an activating group) is 1. The van der Waals surface area contributed by atoms with Crippen LogP contribution in [-0.4, -0.2) is 62.9 Å². The van der Waals surface area contributed by atoms with Crippen molar-refractivity contribution in [2.24, 2.45) is 0 Å². The van der Waals surface area contributed by atoms with Gasteiger partial charge in [-0.1, -0.05) is 12.1 Å². The molecule has 1 saturated heterocycles. The molecular weight excluding hydrogens is 380 g/mol. The number of aliphatic hydroxyl groups is 1. The lowest BCUT2D eigenvalue weighted by Gasteiger charge is -2.45. The number of anilines is 1. The van der Waals surface area contributed by atoms with E-state index in [4.69, 9.17) is 14.6 Å². The van der Waals surface area contributed by atoms with Gasteiger partial charge in [-0.15, -0.1) is 0 Å². The van der Waals surface area contributed by atoms with E-state index in [0.717, 1.165) is 30.7 Å². The Bertz CT molecular complexity index is 874. The zero-order chi connectivity index (χ0) is 21.1. The number of hydrogen-bond donors (Lipinski definition) is 1. The first-order chi connectivity index (χ1) is 14.6. The van der Waals surface area contributed by atoms with Gasteiger partial charge in [-0.3, -0.25) is 4.79 Å². The Kier molecular flexibility index (Phi) is 5.97. The second-order valence-corrected chi connectivity index (χ2v) is 8.07. The molecule has 1 N–H and O–H groups in total. The molecule has 0 aliphatic carbocycles. The normalized spacial score (nSPS) is 17.5. The average Bonchev–Trinajstić information content (AvgIpc) is 2.79. The van der Waals surface area contributed by atoms with Gasteiger partial charge in [-0.05, 0) is 55.2 Å². The van der Waals surface area contributed by atoms with Gasteiger partial charge in [0.2, 0.25) is 0 Å². The molecule has 6 heteroatoms. The zero-order valence-electron chi connectivity index (χ0n) is 17.8. The van der Waals surface area contributed by atoms with E-state index in [1.54, 1.807) is 7.11 Å². The van der Waals surface area contributed by atoms with Gasteiger partial charge in [0.1, 0.15) is 11.4 Å². The summed E-state index contributed by atoms with van der Waals surface area (Å²) in [6, 6.07) is 13.8. The van der Waals surface area contributed by atoms with Crippen LogP contribution in [0.4, 0.5) is 5.69 Å². The quantitative estimate of drug-likeness (QED) is 0.821. The third kappa shape index (κ3) is 3.77. The van der Waals surface area contributed by atoms with E-state index in [1.807, 2.05) is 53.2 Å². The van der Waals surface area contributed by atoms with E-state index in [9.17, 15) is 4.79 Å². The molecule has 0 atom stereocenters. The van der Waals surface area contributed by atoms with Gasteiger partial charge in [-0.2, -0.15) is 0 Å². The number of hydrogen-bond acceptors (Lipinski definition) is 5. The van der Waals surface area contributed by atoms with Crippen molar-refractivity contribution < 1.29 is 19.4 Å². The lowest BCUT2D eigenvalue weighted by atomic mass is 9.78. The van der Waals surface area contributed by atoms with Gasteiger partial charge in [0.05, 0.1) is 20.3 Å². The van der Waals surface area contributed by atoms with Crippen LogP contribution in [0.25, 0.3) is 0 Å². The summed E-state index contributed by atoms with van der Waals surface area (Å²) < 4.78 is 12.0. The molecule has 2 aliphatic heterocycles. The van der Waals surface area contributed by atoms with Gasteiger partial charge < -0.3 is 24.4 Å². The third-order valence-corrected chi connectivity index (χ3v) is 6.39. The molecule has 1 fully saturated rings. The van der Waals surface area contributed by atoms with Crippen molar-refractivity contribution in [2.45, 2.75) is 24.9 Å². The van der Waals surface area contributed by atoms with Crippen LogP contribution in [0.15, 0.2) is 42.5 Å². The lowest BCUT2D eigenvalue weighted by Crippen LogP contribution is -2.48. The van der Waals surface area contributed by atoms with Crippen LogP contribution >= 0.6 is 0 Å². The molecule has 2 heterocycles. The molecule has 0 saturated carbocycles. The fourth-order valence-corrected chi connectivity index (χ4v) is 4.69. The first-order valence-corrected chi connectivity index (χ1v) is 10.6. The maximum absolute atomic E-state index is 13.1. The van der Waals surface area contributed by atoms with Crippen molar-refractivity contribution in [3.05, 3.63) is 59.2 Å². The van der Waals surface area contributed by atoms with Crippen LogP contribution in [0.3, 0.4) is 0 Å². The zero-order valence-corrected chi connectivity index (χ0v) is 17.8. The lowest BCUT2D eigenvalue weighted by molar-refractivity contribution is -0.0946. The largest absolute Gasteiger partial charge is 0.496 e. The molecule has 2 aromatic carbocycles. The number of rotatable bonds is 5. The van der Waals surface area contributed by atoms with E-state index >= 15 is 0 Å². The van der Waals surface area contributed by atoms with Gasteiger partial charge in [-0.25, -0.2) is 0 Å². The van der Waals surface area contributed by atoms with Crippen molar-refractivity contribution in [1.29, 1.82) is 0 Å². The average molecular weight is 411 g/mol. The monoisotopic (exact) mass is 410 g/mol.